The number of carbonyl (C=O) groups is 1. The third-order valence-electron chi connectivity index (χ3n) is 4.90. The SMILES string of the molecule is CS(=O)(=O)c1cnc(-c2ccccn2)nc1C1CCN(C(=O)c2cscn2)CC1. The molecule has 0 aromatic carbocycles. The topological polar surface area (TPSA) is 106 Å². The number of hydrogen-bond acceptors (Lipinski definition) is 8. The summed E-state index contributed by atoms with van der Waals surface area (Å²) in [5.74, 6) is 0.226. The van der Waals surface area contributed by atoms with Gasteiger partial charge in [-0.2, -0.15) is 0 Å². The van der Waals surface area contributed by atoms with E-state index in [-0.39, 0.29) is 16.7 Å². The van der Waals surface area contributed by atoms with Crippen molar-refractivity contribution in [2.75, 3.05) is 19.3 Å². The third-order valence-corrected chi connectivity index (χ3v) is 6.60. The predicted octanol–water partition coefficient (Wildman–Crippen LogP) is 2.42. The van der Waals surface area contributed by atoms with E-state index in [1.165, 1.54) is 17.5 Å². The van der Waals surface area contributed by atoms with Gasteiger partial charge in [0.15, 0.2) is 15.7 Å². The highest BCUT2D eigenvalue weighted by molar-refractivity contribution is 7.90. The second-order valence-electron chi connectivity index (χ2n) is 6.87. The summed E-state index contributed by atoms with van der Waals surface area (Å²) >= 11 is 1.39. The lowest BCUT2D eigenvalue weighted by molar-refractivity contribution is 0.0706. The van der Waals surface area contributed by atoms with E-state index < -0.39 is 9.84 Å². The molecule has 8 nitrogen and oxygen atoms in total. The number of thiazole rings is 1. The van der Waals surface area contributed by atoms with Crippen molar-refractivity contribution >= 4 is 27.1 Å². The summed E-state index contributed by atoms with van der Waals surface area (Å²) in [6.45, 7) is 1.04. The number of nitrogens with zero attached hydrogens (tertiary/aromatic N) is 5. The molecule has 0 aliphatic carbocycles. The quantitative estimate of drug-likeness (QED) is 0.627. The Hall–Kier alpha value is -2.72. The first-order valence-corrected chi connectivity index (χ1v) is 11.9. The lowest BCUT2D eigenvalue weighted by Gasteiger charge is -2.32. The summed E-state index contributed by atoms with van der Waals surface area (Å²) in [5, 5.41) is 1.74. The molecule has 1 amide bonds. The Labute approximate surface area is 172 Å². The first-order chi connectivity index (χ1) is 13.9. The minimum absolute atomic E-state index is 0.0790. The summed E-state index contributed by atoms with van der Waals surface area (Å²) in [6.07, 6.45) is 5.42. The highest BCUT2D eigenvalue weighted by Gasteiger charge is 2.30. The van der Waals surface area contributed by atoms with Crippen molar-refractivity contribution in [3.8, 4) is 11.5 Å². The van der Waals surface area contributed by atoms with E-state index in [2.05, 4.69) is 19.9 Å². The molecule has 0 spiro atoms. The van der Waals surface area contributed by atoms with E-state index in [0.29, 0.717) is 48.8 Å². The van der Waals surface area contributed by atoms with Gasteiger partial charge < -0.3 is 4.90 Å². The summed E-state index contributed by atoms with van der Waals surface area (Å²) in [7, 11) is -3.48. The maximum absolute atomic E-state index is 12.5. The molecule has 4 heterocycles. The van der Waals surface area contributed by atoms with Crippen molar-refractivity contribution in [3.63, 3.8) is 0 Å². The molecule has 150 valence electrons. The van der Waals surface area contributed by atoms with Crippen molar-refractivity contribution in [2.24, 2.45) is 0 Å². The molecule has 0 saturated carbocycles. The standard InChI is InChI=1S/C19H19N5O3S2/c1-29(26,27)16-10-21-18(14-4-2-3-7-20-14)23-17(16)13-5-8-24(9-6-13)19(25)15-11-28-12-22-15/h2-4,7,10-13H,5-6,8-9H2,1H3. The molecule has 0 bridgehead atoms. The normalized spacial score (nSPS) is 15.4. The molecule has 0 N–H and O–H groups in total. The van der Waals surface area contributed by atoms with E-state index >= 15 is 0 Å². The number of pyridine rings is 1. The Balaban J connectivity index is 1.61. The maximum Gasteiger partial charge on any atom is 0.273 e. The van der Waals surface area contributed by atoms with E-state index in [9.17, 15) is 13.2 Å². The van der Waals surface area contributed by atoms with Crippen LogP contribution in [0, 0.1) is 0 Å². The largest absolute Gasteiger partial charge is 0.337 e. The van der Waals surface area contributed by atoms with Crippen LogP contribution in [0.25, 0.3) is 11.5 Å². The van der Waals surface area contributed by atoms with E-state index in [0.717, 1.165) is 6.26 Å². The van der Waals surface area contributed by atoms with Gasteiger partial charge >= 0.3 is 0 Å². The smallest absolute Gasteiger partial charge is 0.273 e. The van der Waals surface area contributed by atoms with Crippen LogP contribution in [0.15, 0.2) is 46.4 Å². The second kappa shape index (κ2) is 7.96. The van der Waals surface area contributed by atoms with Crippen molar-refractivity contribution in [1.82, 2.24) is 24.8 Å². The molecular formula is C19H19N5O3S2. The number of rotatable bonds is 4. The van der Waals surface area contributed by atoms with Gasteiger partial charge in [-0.3, -0.25) is 9.78 Å². The maximum atomic E-state index is 12.5. The van der Waals surface area contributed by atoms with Crippen molar-refractivity contribution in [1.29, 1.82) is 0 Å². The predicted molar refractivity (Wildman–Crippen MR) is 108 cm³/mol. The molecule has 3 aromatic rings. The van der Waals surface area contributed by atoms with Crippen LogP contribution in [0.4, 0.5) is 0 Å². The van der Waals surface area contributed by atoms with E-state index in [1.54, 1.807) is 34.1 Å². The zero-order valence-corrected chi connectivity index (χ0v) is 17.4. The van der Waals surface area contributed by atoms with Gasteiger partial charge in [0.25, 0.3) is 5.91 Å². The fourth-order valence-electron chi connectivity index (χ4n) is 3.42. The zero-order valence-electron chi connectivity index (χ0n) is 15.7. The van der Waals surface area contributed by atoms with Gasteiger partial charge in [0.05, 0.1) is 11.2 Å². The van der Waals surface area contributed by atoms with E-state index in [1.807, 2.05) is 6.07 Å². The van der Waals surface area contributed by atoms with Crippen LogP contribution >= 0.6 is 11.3 Å². The van der Waals surface area contributed by atoms with Gasteiger partial charge in [0.1, 0.15) is 16.3 Å². The Morgan fingerprint density at radius 2 is 1.97 bits per heavy atom. The van der Waals surface area contributed by atoms with Gasteiger partial charge in [-0.1, -0.05) is 6.07 Å². The van der Waals surface area contributed by atoms with Crippen molar-refractivity contribution in [3.05, 3.63) is 52.9 Å². The highest BCUT2D eigenvalue weighted by atomic mass is 32.2. The number of hydrogen-bond donors (Lipinski definition) is 0. The highest BCUT2D eigenvalue weighted by Crippen LogP contribution is 2.32. The Kier molecular flexibility index (Phi) is 5.37. The minimum atomic E-state index is -3.48. The molecule has 0 unspecified atom stereocenters. The second-order valence-corrected chi connectivity index (χ2v) is 9.57. The molecule has 10 heteroatoms. The fraction of sp³-hybridized carbons (Fsp3) is 0.316. The van der Waals surface area contributed by atoms with Crippen LogP contribution in [-0.4, -0.2) is 58.5 Å². The summed E-state index contributed by atoms with van der Waals surface area (Å²) in [4.78, 5) is 31.6. The van der Waals surface area contributed by atoms with Crippen LogP contribution in [-0.2, 0) is 9.84 Å². The van der Waals surface area contributed by atoms with Crippen molar-refractivity contribution < 1.29 is 13.2 Å². The molecule has 29 heavy (non-hydrogen) atoms. The van der Waals surface area contributed by atoms with Crippen LogP contribution in [0.1, 0.15) is 34.9 Å². The van der Waals surface area contributed by atoms with Gasteiger partial charge in [-0.15, -0.1) is 11.3 Å². The van der Waals surface area contributed by atoms with Crippen LogP contribution < -0.4 is 0 Å². The molecule has 0 radical (unpaired) electrons. The summed E-state index contributed by atoms with van der Waals surface area (Å²) in [6, 6.07) is 5.41. The monoisotopic (exact) mass is 429 g/mol. The first kappa shape index (κ1) is 19.6. The average Bonchev–Trinajstić information content (AvgIpc) is 3.28. The number of amides is 1. The first-order valence-electron chi connectivity index (χ1n) is 9.09. The number of carbonyl (C=O) groups excluding carboxylic acids is 1. The molecule has 1 aliphatic heterocycles. The molecule has 0 atom stereocenters. The zero-order chi connectivity index (χ0) is 20.4. The molecule has 1 aliphatic rings. The minimum Gasteiger partial charge on any atom is -0.337 e. The average molecular weight is 430 g/mol. The lowest BCUT2D eigenvalue weighted by atomic mass is 9.93. The number of sulfone groups is 1. The van der Waals surface area contributed by atoms with Gasteiger partial charge in [-0.05, 0) is 25.0 Å². The molecule has 4 rings (SSSR count). The Morgan fingerprint density at radius 1 is 1.17 bits per heavy atom. The van der Waals surface area contributed by atoms with Gasteiger partial charge in [-0.25, -0.2) is 23.4 Å². The van der Waals surface area contributed by atoms with Crippen LogP contribution in [0.2, 0.25) is 0 Å². The molecule has 3 aromatic heterocycles. The van der Waals surface area contributed by atoms with Crippen molar-refractivity contribution in [2.45, 2.75) is 23.7 Å². The Bertz CT molecular complexity index is 1110. The number of likely N-dealkylation sites (tertiary alicyclic amines) is 1. The number of aromatic nitrogens is 4. The van der Waals surface area contributed by atoms with Crippen LogP contribution in [0.3, 0.4) is 0 Å². The Morgan fingerprint density at radius 3 is 2.59 bits per heavy atom. The van der Waals surface area contributed by atoms with E-state index in [4.69, 9.17) is 0 Å². The third kappa shape index (κ3) is 4.18. The lowest BCUT2D eigenvalue weighted by Crippen LogP contribution is -2.38. The molecule has 1 fully saturated rings. The molecular weight excluding hydrogens is 410 g/mol. The summed E-state index contributed by atoms with van der Waals surface area (Å²) in [5.41, 5.74) is 3.18. The van der Waals surface area contributed by atoms with Crippen LogP contribution in [0.5, 0.6) is 0 Å². The molecule has 1 saturated heterocycles. The fourth-order valence-corrected chi connectivity index (χ4v) is 4.78. The summed E-state index contributed by atoms with van der Waals surface area (Å²) < 4.78 is 24.6. The van der Waals surface area contributed by atoms with Gasteiger partial charge in [0, 0.05) is 43.0 Å². The van der Waals surface area contributed by atoms with Gasteiger partial charge in [0.2, 0.25) is 0 Å². The number of piperidine rings is 1.